The Morgan fingerprint density at radius 3 is 2.66 bits per heavy atom. The largest absolute Gasteiger partial charge is 0.346 e. The van der Waals surface area contributed by atoms with Crippen molar-refractivity contribution in [3.63, 3.8) is 0 Å². The van der Waals surface area contributed by atoms with Crippen molar-refractivity contribution < 1.29 is 9.59 Å². The summed E-state index contributed by atoms with van der Waals surface area (Å²) in [5, 5.41) is 3.44. The number of piperidine rings is 1. The summed E-state index contributed by atoms with van der Waals surface area (Å²) in [6, 6.07) is 8.04. The third-order valence-corrected chi connectivity index (χ3v) is 11.2. The summed E-state index contributed by atoms with van der Waals surface area (Å²) in [5.74, 6) is 1.56. The Morgan fingerprint density at radius 2 is 1.83 bits per heavy atom. The molecule has 3 unspecified atom stereocenters. The molecule has 1 aromatic carbocycles. The number of imidazole rings is 1. The smallest absolute Gasteiger partial charge is 0.224 e. The standard InChI is InChI=1S/C34H47N5O2/c1-2-24(40)8-4-3-5-9-28-32-35-22-29(36-32)23-10-11-25-26(20-23)31-13-12-30(25)39(31)17-7-6-16-38-18-14-34(15-19-38)21-27(34)33(41)37-28/h10-11,20,22,27-28,30-31H,2-9,12-19,21H2,1H3,(H,35,36)(H,37,41)/t27-,28+,30?,31?/m1/s1. The number of hydrogen-bond donors (Lipinski definition) is 2. The fourth-order valence-corrected chi connectivity index (χ4v) is 8.54. The van der Waals surface area contributed by atoms with Gasteiger partial charge in [-0.05, 0) is 112 Å². The fraction of sp³-hybridized carbons (Fsp3) is 0.676. The lowest BCUT2D eigenvalue weighted by atomic mass is 9.90. The molecule has 5 aliphatic heterocycles. The average molecular weight is 558 g/mol. The number of ketones is 1. The van der Waals surface area contributed by atoms with Crippen LogP contribution in [0.25, 0.3) is 11.3 Å². The average Bonchev–Trinajstić information content (AvgIpc) is 3.31. The molecule has 2 saturated heterocycles. The van der Waals surface area contributed by atoms with Gasteiger partial charge in [0.25, 0.3) is 0 Å². The van der Waals surface area contributed by atoms with E-state index in [0.29, 0.717) is 30.7 Å². The molecular formula is C34H47N5O2. The maximum atomic E-state index is 13.6. The van der Waals surface area contributed by atoms with Crippen LogP contribution >= 0.6 is 0 Å². The highest BCUT2D eigenvalue weighted by atomic mass is 16.2. The van der Waals surface area contributed by atoms with E-state index in [1.54, 1.807) is 0 Å². The van der Waals surface area contributed by atoms with Gasteiger partial charge in [-0.3, -0.25) is 14.5 Å². The van der Waals surface area contributed by atoms with Crippen LogP contribution in [0.4, 0.5) is 0 Å². The first-order valence-corrected chi connectivity index (χ1v) is 16.5. The Hall–Kier alpha value is -2.51. The minimum absolute atomic E-state index is 0.123. The van der Waals surface area contributed by atoms with Crippen LogP contribution in [0.3, 0.4) is 0 Å². The summed E-state index contributed by atoms with van der Waals surface area (Å²) in [6.07, 6.45) is 15.4. The van der Waals surface area contributed by atoms with Crippen LogP contribution in [0.1, 0.15) is 125 Å². The van der Waals surface area contributed by atoms with Crippen molar-refractivity contribution in [2.24, 2.45) is 11.3 Å². The monoisotopic (exact) mass is 557 g/mol. The van der Waals surface area contributed by atoms with Gasteiger partial charge in [-0.2, -0.15) is 0 Å². The minimum atomic E-state index is -0.123. The first-order valence-electron chi connectivity index (χ1n) is 16.5. The van der Waals surface area contributed by atoms with Crippen molar-refractivity contribution in [2.75, 3.05) is 26.2 Å². The van der Waals surface area contributed by atoms with Crippen molar-refractivity contribution >= 4 is 11.7 Å². The van der Waals surface area contributed by atoms with Gasteiger partial charge in [0, 0.05) is 30.8 Å². The SMILES string of the molecule is CCC(=O)CCCCC[C@@H]1NC(=O)[C@H]2CC23CCN(CCCCN2C4CCC2c2cc(ccc24)-c2cnc1[nH]2)CC3. The number of H-pyrrole nitrogens is 1. The van der Waals surface area contributed by atoms with Crippen molar-refractivity contribution in [1.29, 1.82) is 0 Å². The molecule has 5 atom stereocenters. The lowest BCUT2D eigenvalue weighted by molar-refractivity contribution is -0.124. The number of Topliss-reactive ketones (excluding diaryl/α,β-unsaturated/α-hetero) is 1. The first kappa shape index (κ1) is 27.3. The minimum Gasteiger partial charge on any atom is -0.346 e. The van der Waals surface area contributed by atoms with Gasteiger partial charge in [-0.15, -0.1) is 0 Å². The third-order valence-electron chi connectivity index (χ3n) is 11.2. The van der Waals surface area contributed by atoms with E-state index in [1.165, 1.54) is 55.5 Å². The normalized spacial score (nSPS) is 33.9. The second kappa shape index (κ2) is 11.3. The van der Waals surface area contributed by atoms with E-state index >= 15 is 0 Å². The van der Waals surface area contributed by atoms with E-state index < -0.39 is 0 Å². The highest BCUT2D eigenvalue weighted by Gasteiger charge is 2.58. The predicted octanol–water partition coefficient (Wildman–Crippen LogP) is 6.25. The Balaban J connectivity index is 1.13. The molecule has 7 heteroatoms. The maximum absolute atomic E-state index is 13.6. The van der Waals surface area contributed by atoms with Gasteiger partial charge in [-0.25, -0.2) is 4.98 Å². The summed E-state index contributed by atoms with van der Waals surface area (Å²) in [7, 11) is 0. The number of unbranched alkanes of at least 4 members (excludes halogenated alkanes) is 2. The van der Waals surface area contributed by atoms with Crippen LogP contribution in [-0.4, -0.2) is 57.6 Å². The van der Waals surface area contributed by atoms with Crippen LogP contribution in [0.15, 0.2) is 24.4 Å². The zero-order valence-corrected chi connectivity index (χ0v) is 24.8. The maximum Gasteiger partial charge on any atom is 0.224 e. The Morgan fingerprint density at radius 1 is 1.02 bits per heavy atom. The van der Waals surface area contributed by atoms with Crippen molar-refractivity contribution in [1.82, 2.24) is 25.1 Å². The molecular weight excluding hydrogens is 510 g/mol. The van der Waals surface area contributed by atoms with Crippen molar-refractivity contribution in [3.05, 3.63) is 41.3 Å². The molecule has 3 fully saturated rings. The van der Waals surface area contributed by atoms with Gasteiger partial charge < -0.3 is 15.2 Å². The Kier molecular flexibility index (Phi) is 7.53. The summed E-state index contributed by atoms with van der Waals surface area (Å²) in [4.78, 5) is 39.2. The zero-order valence-electron chi connectivity index (χ0n) is 24.8. The number of rotatable bonds is 7. The van der Waals surface area contributed by atoms with E-state index in [-0.39, 0.29) is 23.3 Å². The fourth-order valence-electron chi connectivity index (χ4n) is 8.54. The first-order chi connectivity index (χ1) is 20.0. The van der Waals surface area contributed by atoms with Crippen LogP contribution in [0, 0.1) is 11.3 Å². The summed E-state index contributed by atoms with van der Waals surface area (Å²) in [6.45, 7) is 6.59. The molecule has 1 amide bonds. The zero-order chi connectivity index (χ0) is 28.0. The molecule has 7 nitrogen and oxygen atoms in total. The van der Waals surface area contributed by atoms with Gasteiger partial charge >= 0.3 is 0 Å². The number of carbonyl (C=O) groups excluding carboxylic acids is 2. The number of nitrogens with zero attached hydrogens (tertiary/aromatic N) is 3. The molecule has 6 heterocycles. The molecule has 1 aliphatic carbocycles. The Labute approximate surface area is 244 Å². The van der Waals surface area contributed by atoms with Crippen LogP contribution in [-0.2, 0) is 9.59 Å². The number of carbonyl (C=O) groups is 2. The highest BCUT2D eigenvalue weighted by molar-refractivity contribution is 5.83. The highest BCUT2D eigenvalue weighted by Crippen LogP contribution is 2.59. The lowest BCUT2D eigenvalue weighted by Gasteiger charge is -2.33. The molecule has 2 aromatic rings. The molecule has 2 N–H and O–H groups in total. The summed E-state index contributed by atoms with van der Waals surface area (Å²) in [5.41, 5.74) is 5.49. The molecule has 1 aromatic heterocycles. The van der Waals surface area contributed by atoms with Crippen LogP contribution < -0.4 is 5.32 Å². The Bertz CT molecular complexity index is 1280. The number of nitrogens with one attached hydrogen (secondary N) is 2. The second-order valence-electron chi connectivity index (χ2n) is 13.6. The molecule has 9 bridgehead atoms. The predicted molar refractivity (Wildman–Crippen MR) is 160 cm³/mol. The van der Waals surface area contributed by atoms with E-state index in [4.69, 9.17) is 4.98 Å². The van der Waals surface area contributed by atoms with Gasteiger partial charge in [-0.1, -0.05) is 31.9 Å². The van der Waals surface area contributed by atoms with E-state index in [9.17, 15) is 9.59 Å². The number of benzene rings is 1. The van der Waals surface area contributed by atoms with E-state index in [1.807, 2.05) is 13.1 Å². The number of aromatic amines is 1. The second-order valence-corrected chi connectivity index (χ2v) is 13.6. The molecule has 1 saturated carbocycles. The van der Waals surface area contributed by atoms with Crippen molar-refractivity contribution in [3.8, 4) is 11.3 Å². The number of aromatic nitrogens is 2. The van der Waals surface area contributed by atoms with Crippen LogP contribution in [0.5, 0.6) is 0 Å². The quantitative estimate of drug-likeness (QED) is 0.393. The third kappa shape index (κ3) is 5.29. The molecule has 220 valence electrons. The summed E-state index contributed by atoms with van der Waals surface area (Å²) < 4.78 is 0. The van der Waals surface area contributed by atoms with E-state index in [0.717, 1.165) is 69.6 Å². The molecule has 6 aliphatic rings. The summed E-state index contributed by atoms with van der Waals surface area (Å²) >= 11 is 0. The van der Waals surface area contributed by atoms with E-state index in [2.05, 4.69) is 38.3 Å². The van der Waals surface area contributed by atoms with Gasteiger partial charge in [0.1, 0.15) is 11.6 Å². The van der Waals surface area contributed by atoms with Gasteiger partial charge in [0.15, 0.2) is 0 Å². The molecule has 1 spiro atoms. The number of amides is 1. The number of hydrogen-bond acceptors (Lipinski definition) is 5. The molecule has 41 heavy (non-hydrogen) atoms. The topological polar surface area (TPSA) is 81.3 Å². The van der Waals surface area contributed by atoms with Gasteiger partial charge in [0.2, 0.25) is 5.91 Å². The molecule has 0 radical (unpaired) electrons. The number of fused-ring (bicyclic) bond motifs is 8. The van der Waals surface area contributed by atoms with Gasteiger partial charge in [0.05, 0.1) is 17.9 Å². The lowest BCUT2D eigenvalue weighted by Crippen LogP contribution is -2.38. The van der Waals surface area contributed by atoms with Crippen molar-refractivity contribution in [2.45, 2.75) is 109 Å². The molecule has 8 rings (SSSR count). The van der Waals surface area contributed by atoms with Crippen LogP contribution in [0.2, 0.25) is 0 Å².